The first-order chi connectivity index (χ1) is 21.8. The molecule has 0 radical (unpaired) electrons. The molecule has 0 bridgehead atoms. The summed E-state index contributed by atoms with van der Waals surface area (Å²) in [5.74, 6) is 0.121. The average Bonchev–Trinajstić information content (AvgIpc) is 3.49. The van der Waals surface area contributed by atoms with Crippen molar-refractivity contribution in [2.45, 2.75) is 53.5 Å². The summed E-state index contributed by atoms with van der Waals surface area (Å²) >= 11 is 1.34. The van der Waals surface area contributed by atoms with Crippen molar-refractivity contribution in [3.8, 4) is 11.4 Å². The number of rotatable bonds is 8. The first-order valence-electron chi connectivity index (χ1n) is 15.3. The van der Waals surface area contributed by atoms with Crippen LogP contribution in [0.25, 0.3) is 22.5 Å². The lowest BCUT2D eigenvalue weighted by Gasteiger charge is -2.28. The number of ether oxygens (including phenoxy) is 2. The van der Waals surface area contributed by atoms with Crippen molar-refractivity contribution in [2.24, 2.45) is 4.99 Å². The molecule has 0 spiro atoms. The lowest BCUT2D eigenvalue weighted by Crippen LogP contribution is -2.40. The summed E-state index contributed by atoms with van der Waals surface area (Å²) < 4.78 is 15.9. The second kappa shape index (κ2) is 12.4. The van der Waals surface area contributed by atoms with Gasteiger partial charge in [-0.25, -0.2) is 9.79 Å². The summed E-state index contributed by atoms with van der Waals surface area (Å²) in [7, 11) is 1.61. The number of hydrogen-bond acceptors (Lipinski definition) is 6. The molecule has 5 aromatic rings. The van der Waals surface area contributed by atoms with E-state index in [9.17, 15) is 9.59 Å². The lowest BCUT2D eigenvalue weighted by atomic mass is 9.90. The standard InChI is InChI=1S/C37H37N3O4S/c1-7-12-29-33(36(42)44-8-2)34(32-28-16-10-9-14-25(28)17-18-30(32)43-6)40-35(41)31(45-37(40)38-29)21-26-20-23(4)39(24(26)5)27-15-11-13-22(3)19-27/h9-11,13-21,34H,7-8,12H2,1-6H3/b31-21+/t34-/m1/s1. The van der Waals surface area contributed by atoms with Crippen LogP contribution in [0.4, 0.5) is 0 Å². The Morgan fingerprint density at radius 1 is 1.02 bits per heavy atom. The highest BCUT2D eigenvalue weighted by atomic mass is 32.1. The van der Waals surface area contributed by atoms with E-state index in [2.05, 4.69) is 62.6 Å². The van der Waals surface area contributed by atoms with Gasteiger partial charge < -0.3 is 14.0 Å². The van der Waals surface area contributed by atoms with Gasteiger partial charge in [-0.05, 0) is 86.4 Å². The molecule has 0 aliphatic carbocycles. The summed E-state index contributed by atoms with van der Waals surface area (Å²) in [6.07, 6.45) is 3.30. The van der Waals surface area contributed by atoms with Crippen molar-refractivity contribution in [2.75, 3.05) is 13.7 Å². The molecule has 230 valence electrons. The molecule has 0 fully saturated rings. The topological polar surface area (TPSA) is 74.8 Å². The van der Waals surface area contributed by atoms with Crippen molar-refractivity contribution in [1.82, 2.24) is 9.13 Å². The summed E-state index contributed by atoms with van der Waals surface area (Å²) in [6.45, 7) is 10.3. The minimum Gasteiger partial charge on any atom is -0.496 e. The monoisotopic (exact) mass is 619 g/mol. The van der Waals surface area contributed by atoms with E-state index in [0.29, 0.717) is 32.8 Å². The molecule has 1 aliphatic rings. The fraction of sp³-hybridized carbons (Fsp3) is 0.270. The van der Waals surface area contributed by atoms with Gasteiger partial charge >= 0.3 is 5.97 Å². The minimum absolute atomic E-state index is 0.210. The van der Waals surface area contributed by atoms with Crippen molar-refractivity contribution in [1.29, 1.82) is 0 Å². The molecule has 1 aliphatic heterocycles. The predicted molar refractivity (Wildman–Crippen MR) is 180 cm³/mol. The second-order valence-corrected chi connectivity index (χ2v) is 12.3. The van der Waals surface area contributed by atoms with E-state index in [1.807, 2.05) is 42.5 Å². The highest BCUT2D eigenvalue weighted by Gasteiger charge is 2.37. The number of carbonyl (C=O) groups excluding carboxylic acids is 1. The first-order valence-corrected chi connectivity index (χ1v) is 16.1. The van der Waals surface area contributed by atoms with Gasteiger partial charge in [-0.1, -0.05) is 67.1 Å². The normalized spacial score (nSPS) is 14.9. The number of esters is 1. The van der Waals surface area contributed by atoms with Gasteiger partial charge in [0.05, 0.1) is 29.5 Å². The molecule has 3 aromatic carbocycles. The number of aromatic nitrogens is 2. The minimum atomic E-state index is -0.773. The fourth-order valence-electron chi connectivity index (χ4n) is 6.37. The lowest BCUT2D eigenvalue weighted by molar-refractivity contribution is -0.139. The Morgan fingerprint density at radius 2 is 1.82 bits per heavy atom. The number of fused-ring (bicyclic) bond motifs is 2. The van der Waals surface area contributed by atoms with Gasteiger partial charge in [0, 0.05) is 22.6 Å². The first kappa shape index (κ1) is 30.3. The molecule has 7 nitrogen and oxygen atoms in total. The van der Waals surface area contributed by atoms with Crippen LogP contribution in [0, 0.1) is 20.8 Å². The van der Waals surface area contributed by atoms with E-state index < -0.39 is 12.0 Å². The van der Waals surface area contributed by atoms with Crippen molar-refractivity contribution in [3.63, 3.8) is 0 Å². The number of methoxy groups -OCH3 is 1. The van der Waals surface area contributed by atoms with E-state index in [1.54, 1.807) is 18.6 Å². The van der Waals surface area contributed by atoms with Crippen LogP contribution < -0.4 is 19.6 Å². The maximum atomic E-state index is 14.5. The zero-order chi connectivity index (χ0) is 31.8. The molecule has 2 aromatic heterocycles. The number of nitrogens with zero attached hydrogens (tertiary/aromatic N) is 3. The highest BCUT2D eigenvalue weighted by molar-refractivity contribution is 7.07. The van der Waals surface area contributed by atoms with E-state index in [-0.39, 0.29) is 12.2 Å². The van der Waals surface area contributed by atoms with Crippen molar-refractivity contribution < 1.29 is 14.3 Å². The van der Waals surface area contributed by atoms with Crippen LogP contribution in [0.1, 0.15) is 60.8 Å². The molecular formula is C37H37N3O4S. The van der Waals surface area contributed by atoms with Crippen LogP contribution in [0.2, 0.25) is 0 Å². The second-order valence-electron chi connectivity index (χ2n) is 11.3. The van der Waals surface area contributed by atoms with Crippen LogP contribution in [-0.4, -0.2) is 28.8 Å². The molecule has 45 heavy (non-hydrogen) atoms. The van der Waals surface area contributed by atoms with Gasteiger partial charge in [0.1, 0.15) is 11.8 Å². The van der Waals surface area contributed by atoms with Crippen LogP contribution in [0.15, 0.2) is 87.8 Å². The molecular weight excluding hydrogens is 582 g/mol. The Morgan fingerprint density at radius 3 is 2.56 bits per heavy atom. The third-order valence-electron chi connectivity index (χ3n) is 8.33. The maximum absolute atomic E-state index is 14.5. The third-order valence-corrected chi connectivity index (χ3v) is 9.32. The maximum Gasteiger partial charge on any atom is 0.338 e. The van der Waals surface area contributed by atoms with E-state index >= 15 is 0 Å². The van der Waals surface area contributed by atoms with E-state index in [4.69, 9.17) is 14.5 Å². The Bertz CT molecular complexity index is 2170. The third kappa shape index (κ3) is 5.33. The number of allylic oxidation sites excluding steroid dienone is 1. The number of hydrogen-bond donors (Lipinski definition) is 0. The zero-order valence-corrected chi connectivity index (χ0v) is 27.3. The molecule has 0 amide bonds. The van der Waals surface area contributed by atoms with Gasteiger partial charge in [-0.2, -0.15) is 0 Å². The Balaban J connectivity index is 1.64. The van der Waals surface area contributed by atoms with Gasteiger partial charge in [-0.3, -0.25) is 9.36 Å². The number of carbonyl (C=O) groups is 1. The van der Waals surface area contributed by atoms with Crippen LogP contribution >= 0.6 is 11.3 Å². The zero-order valence-electron chi connectivity index (χ0n) is 26.5. The Kier molecular flexibility index (Phi) is 8.34. The molecule has 0 unspecified atom stereocenters. The summed E-state index contributed by atoms with van der Waals surface area (Å²) in [5.41, 5.74) is 6.88. The summed E-state index contributed by atoms with van der Waals surface area (Å²) in [5, 5.41) is 1.88. The number of aryl methyl sites for hydroxylation is 2. The van der Waals surface area contributed by atoms with Gasteiger partial charge in [0.25, 0.3) is 5.56 Å². The van der Waals surface area contributed by atoms with Crippen molar-refractivity contribution >= 4 is 34.2 Å². The molecule has 1 atom stereocenters. The Hall–Kier alpha value is -4.69. The SMILES string of the molecule is CCCC1=C(C(=O)OCC)[C@@H](c2c(OC)ccc3ccccc23)n2c(s/c(=C/c3cc(C)n(-c4cccc(C)c4)c3C)c2=O)=N1. The average molecular weight is 620 g/mol. The van der Waals surface area contributed by atoms with Gasteiger partial charge in [0.15, 0.2) is 4.80 Å². The fourth-order valence-corrected chi connectivity index (χ4v) is 7.38. The summed E-state index contributed by atoms with van der Waals surface area (Å²) in [4.78, 5) is 33.8. The Labute approximate surface area is 266 Å². The van der Waals surface area contributed by atoms with Gasteiger partial charge in [0.2, 0.25) is 0 Å². The van der Waals surface area contributed by atoms with Crippen LogP contribution in [-0.2, 0) is 9.53 Å². The molecule has 6 rings (SSSR count). The highest BCUT2D eigenvalue weighted by Crippen LogP contribution is 2.41. The predicted octanol–water partition coefficient (Wildman–Crippen LogP) is 6.46. The number of benzene rings is 3. The molecule has 0 N–H and O–H groups in total. The van der Waals surface area contributed by atoms with Crippen LogP contribution in [0.5, 0.6) is 5.75 Å². The summed E-state index contributed by atoms with van der Waals surface area (Å²) in [6, 6.07) is 21.6. The number of thiazole rings is 1. The van der Waals surface area contributed by atoms with Gasteiger partial charge in [-0.15, -0.1) is 0 Å². The quantitative estimate of drug-likeness (QED) is 0.187. The van der Waals surface area contributed by atoms with E-state index in [0.717, 1.165) is 45.4 Å². The molecule has 0 saturated carbocycles. The largest absolute Gasteiger partial charge is 0.496 e. The smallest absolute Gasteiger partial charge is 0.338 e. The molecule has 3 heterocycles. The van der Waals surface area contributed by atoms with E-state index in [1.165, 1.54) is 16.9 Å². The van der Waals surface area contributed by atoms with Crippen LogP contribution in [0.3, 0.4) is 0 Å². The van der Waals surface area contributed by atoms with Crippen molar-refractivity contribution in [3.05, 3.63) is 126 Å². The molecule has 0 saturated heterocycles. The molecule has 8 heteroatoms.